The van der Waals surface area contributed by atoms with Crippen LogP contribution in [0.3, 0.4) is 0 Å². The second kappa shape index (κ2) is 7.96. The second-order valence-electron chi connectivity index (χ2n) is 6.19. The van der Waals surface area contributed by atoms with Crippen molar-refractivity contribution in [1.82, 2.24) is 0 Å². The van der Waals surface area contributed by atoms with Crippen molar-refractivity contribution in [1.29, 1.82) is 0 Å². The first-order valence-electron chi connectivity index (χ1n) is 8.38. The average molecular weight is 433 g/mol. The quantitative estimate of drug-likeness (QED) is 0.621. The van der Waals surface area contributed by atoms with Crippen LogP contribution in [0.1, 0.15) is 5.56 Å². The first-order valence-corrected chi connectivity index (χ1v) is 8.76. The largest absolute Gasteiger partial charge is 0.479 e. The summed E-state index contributed by atoms with van der Waals surface area (Å²) in [5.41, 5.74) is -1.92. The van der Waals surface area contributed by atoms with Crippen LogP contribution in [0, 0.1) is 5.82 Å². The van der Waals surface area contributed by atoms with Crippen LogP contribution >= 0.6 is 11.6 Å². The molecule has 0 fully saturated rings. The van der Waals surface area contributed by atoms with E-state index in [-0.39, 0.29) is 32.4 Å². The fourth-order valence-electron chi connectivity index (χ4n) is 3.17. The number of carboxylic acid groups (broad SMARTS) is 2. The van der Waals surface area contributed by atoms with Crippen molar-refractivity contribution >= 4 is 40.9 Å². The molecule has 1 amide bonds. The number of nitrogens with one attached hydrogen (secondary N) is 1. The molecule has 154 valence electrons. The fourth-order valence-corrected chi connectivity index (χ4v) is 3.42. The van der Waals surface area contributed by atoms with Gasteiger partial charge in [0.15, 0.2) is 0 Å². The Hall–Kier alpha value is -3.72. The Bertz CT molecular complexity index is 1230. The molecule has 1 heterocycles. The molecule has 0 saturated carbocycles. The number of halogens is 2. The van der Waals surface area contributed by atoms with Crippen molar-refractivity contribution in [3.05, 3.63) is 75.5 Å². The minimum atomic E-state index is -2.13. The molecule has 0 spiro atoms. The molecule has 1 atom stereocenters. The van der Waals surface area contributed by atoms with Crippen molar-refractivity contribution in [2.75, 3.05) is 12.4 Å². The lowest BCUT2D eigenvalue weighted by Gasteiger charge is -2.25. The summed E-state index contributed by atoms with van der Waals surface area (Å²) in [4.78, 5) is 39.4. The van der Waals surface area contributed by atoms with Crippen LogP contribution in [-0.2, 0) is 19.9 Å². The number of hydrogen-bond acceptors (Lipinski definition) is 5. The number of ether oxygens (including phenoxy) is 1. The number of anilines is 1. The summed E-state index contributed by atoms with van der Waals surface area (Å²) in [5.74, 6) is -3.52. The standard InChI is InChI=1S/C20H14ClFN2O6/c1-30-19(29)23-12-4-2-3-10(7-12)20(18(27)28)14(5-6-16(25)26)13-8-11(22)9-15(21)17(13)24-20/h2-9H,1H3,(H,23,29)(H,25,26)(H,27,28). The predicted molar refractivity (Wildman–Crippen MR) is 104 cm³/mol. The highest BCUT2D eigenvalue weighted by molar-refractivity contribution is 6.30. The van der Waals surface area contributed by atoms with Gasteiger partial charge in [-0.1, -0.05) is 23.7 Å². The van der Waals surface area contributed by atoms with E-state index in [1.54, 1.807) is 0 Å². The number of amides is 1. The van der Waals surface area contributed by atoms with E-state index < -0.39 is 29.4 Å². The summed E-state index contributed by atoms with van der Waals surface area (Å²) in [6.45, 7) is 0. The third kappa shape index (κ3) is 3.62. The van der Waals surface area contributed by atoms with E-state index in [0.29, 0.717) is 0 Å². The monoisotopic (exact) mass is 432 g/mol. The van der Waals surface area contributed by atoms with Gasteiger partial charge in [0.1, 0.15) is 5.82 Å². The summed E-state index contributed by atoms with van der Waals surface area (Å²) in [6, 6.07) is 7.77. The summed E-state index contributed by atoms with van der Waals surface area (Å²) in [7, 11) is 1.17. The fraction of sp³-hybridized carbons (Fsp3) is 0.100. The number of methoxy groups -OCH3 is 1. The molecule has 10 heteroatoms. The lowest BCUT2D eigenvalue weighted by molar-refractivity contribution is -0.141. The molecule has 0 bridgehead atoms. The SMILES string of the molecule is COC(=O)Nc1cccc(C2(C(=O)O)N=c3c(Cl)cc(F)cc3=C2C=CC(=O)O)c1. The second-order valence-corrected chi connectivity index (χ2v) is 6.60. The number of rotatable bonds is 5. The van der Waals surface area contributed by atoms with Gasteiger partial charge in [-0.3, -0.25) is 10.3 Å². The predicted octanol–water partition coefficient (Wildman–Crippen LogP) is 2.06. The van der Waals surface area contributed by atoms with E-state index in [4.69, 9.17) is 16.7 Å². The maximum absolute atomic E-state index is 14.0. The molecular weight excluding hydrogens is 419 g/mol. The number of aliphatic carboxylic acids is 2. The molecule has 1 unspecified atom stereocenters. The zero-order chi connectivity index (χ0) is 22.1. The van der Waals surface area contributed by atoms with E-state index in [1.165, 1.54) is 31.4 Å². The summed E-state index contributed by atoms with van der Waals surface area (Å²) >= 11 is 6.09. The van der Waals surface area contributed by atoms with Gasteiger partial charge in [0.05, 0.1) is 17.5 Å². The third-order valence-electron chi connectivity index (χ3n) is 4.40. The average Bonchev–Trinajstić information content (AvgIpc) is 3.02. The minimum absolute atomic E-state index is 0.0110. The molecule has 2 aromatic carbocycles. The summed E-state index contributed by atoms with van der Waals surface area (Å²) in [6.07, 6.45) is 0.998. The molecule has 0 aliphatic carbocycles. The van der Waals surface area contributed by atoms with Crippen LogP contribution in [0.2, 0.25) is 5.02 Å². The van der Waals surface area contributed by atoms with Gasteiger partial charge in [0.2, 0.25) is 5.54 Å². The maximum atomic E-state index is 14.0. The maximum Gasteiger partial charge on any atom is 0.411 e. The topological polar surface area (TPSA) is 125 Å². The van der Waals surface area contributed by atoms with Gasteiger partial charge in [-0.15, -0.1) is 0 Å². The third-order valence-corrected chi connectivity index (χ3v) is 4.69. The van der Waals surface area contributed by atoms with Crippen LogP contribution in [0.15, 0.2) is 53.5 Å². The number of benzene rings is 2. The van der Waals surface area contributed by atoms with Gasteiger partial charge in [-0.25, -0.2) is 18.8 Å². The Morgan fingerprint density at radius 1 is 1.23 bits per heavy atom. The van der Waals surface area contributed by atoms with Crippen molar-refractivity contribution in [3.63, 3.8) is 0 Å². The number of hydrogen-bond donors (Lipinski definition) is 3. The number of carbonyl (C=O) groups excluding carboxylic acids is 1. The smallest absolute Gasteiger partial charge is 0.411 e. The zero-order valence-electron chi connectivity index (χ0n) is 15.3. The van der Waals surface area contributed by atoms with E-state index in [0.717, 1.165) is 24.3 Å². The first-order chi connectivity index (χ1) is 14.2. The van der Waals surface area contributed by atoms with Crippen molar-refractivity contribution in [2.24, 2.45) is 4.99 Å². The van der Waals surface area contributed by atoms with Gasteiger partial charge in [-0.05, 0) is 35.9 Å². The number of carboxylic acids is 2. The van der Waals surface area contributed by atoms with Crippen LogP contribution in [0.25, 0.3) is 5.57 Å². The van der Waals surface area contributed by atoms with Gasteiger partial charge in [0.25, 0.3) is 0 Å². The number of fused-ring (bicyclic) bond motifs is 1. The van der Waals surface area contributed by atoms with E-state index >= 15 is 0 Å². The Morgan fingerprint density at radius 3 is 2.60 bits per heavy atom. The van der Waals surface area contributed by atoms with Crippen molar-refractivity contribution in [3.8, 4) is 0 Å². The van der Waals surface area contributed by atoms with Gasteiger partial charge < -0.3 is 14.9 Å². The van der Waals surface area contributed by atoms with Crippen molar-refractivity contribution in [2.45, 2.75) is 5.54 Å². The van der Waals surface area contributed by atoms with E-state index in [9.17, 15) is 23.9 Å². The van der Waals surface area contributed by atoms with Crippen LogP contribution in [0.4, 0.5) is 14.9 Å². The molecule has 0 radical (unpaired) electrons. The lowest BCUT2D eigenvalue weighted by atomic mass is 9.82. The zero-order valence-corrected chi connectivity index (χ0v) is 16.1. The van der Waals surface area contributed by atoms with Crippen LogP contribution < -0.4 is 15.9 Å². The first kappa shape index (κ1) is 21.0. The molecule has 1 aliphatic rings. The molecule has 8 nitrogen and oxygen atoms in total. The molecule has 2 aromatic rings. The highest BCUT2D eigenvalue weighted by Gasteiger charge is 2.46. The Labute approximate surface area is 173 Å². The van der Waals surface area contributed by atoms with Crippen molar-refractivity contribution < 1.29 is 33.7 Å². The lowest BCUT2D eigenvalue weighted by Crippen LogP contribution is -2.34. The number of carbonyl (C=O) groups is 3. The van der Waals surface area contributed by atoms with Crippen LogP contribution in [0.5, 0.6) is 0 Å². The molecule has 3 N–H and O–H groups in total. The van der Waals surface area contributed by atoms with Gasteiger partial charge in [-0.2, -0.15) is 0 Å². The molecule has 0 saturated heterocycles. The molecule has 1 aliphatic heterocycles. The molecule has 3 rings (SSSR count). The highest BCUT2D eigenvalue weighted by Crippen LogP contribution is 2.38. The molecular formula is C20H14ClFN2O6. The molecule has 30 heavy (non-hydrogen) atoms. The highest BCUT2D eigenvalue weighted by atomic mass is 35.5. The van der Waals surface area contributed by atoms with Crippen LogP contribution in [-0.4, -0.2) is 35.4 Å². The van der Waals surface area contributed by atoms with E-state index in [1.807, 2.05) is 0 Å². The molecule has 0 aromatic heterocycles. The Kier molecular flexibility index (Phi) is 5.57. The Balaban J connectivity index is 2.35. The normalized spacial score (nSPS) is 17.4. The summed E-state index contributed by atoms with van der Waals surface area (Å²) < 4.78 is 18.5. The van der Waals surface area contributed by atoms with Gasteiger partial charge >= 0.3 is 18.0 Å². The van der Waals surface area contributed by atoms with Gasteiger partial charge in [0, 0.05) is 22.6 Å². The van der Waals surface area contributed by atoms with E-state index in [2.05, 4.69) is 15.0 Å². The minimum Gasteiger partial charge on any atom is -0.479 e. The summed E-state index contributed by atoms with van der Waals surface area (Å²) in [5, 5.41) is 21.5. The Morgan fingerprint density at radius 2 is 1.97 bits per heavy atom. The number of nitrogens with zero attached hydrogens (tertiary/aromatic N) is 1.